The van der Waals surface area contributed by atoms with Crippen molar-refractivity contribution < 1.29 is 23.5 Å². The fraction of sp³-hybridized carbons (Fsp3) is 0.375. The minimum Gasteiger partial charge on any atom is -0.468 e. The number of anilines is 1. The molecule has 8 heteroatoms. The number of rotatable bonds is 12. The van der Waals surface area contributed by atoms with Gasteiger partial charge in [0.2, 0.25) is 5.91 Å². The number of hydrogen-bond donors (Lipinski definition) is 1. The second-order valence-electron chi connectivity index (χ2n) is 7.41. The average molecular weight is 457 g/mol. The molecule has 2 heterocycles. The van der Waals surface area contributed by atoms with Gasteiger partial charge in [0.05, 0.1) is 22.5 Å². The third kappa shape index (κ3) is 6.11. The molecule has 0 aliphatic carbocycles. The molecule has 1 N–H and O–H groups in total. The van der Waals surface area contributed by atoms with Gasteiger partial charge in [0.15, 0.2) is 0 Å². The number of carbonyl (C=O) groups is 3. The van der Waals surface area contributed by atoms with E-state index in [1.165, 1.54) is 23.6 Å². The van der Waals surface area contributed by atoms with Crippen LogP contribution in [-0.4, -0.2) is 42.4 Å². The number of benzene rings is 1. The van der Waals surface area contributed by atoms with Crippen LogP contribution < -0.4 is 5.32 Å². The Labute approximate surface area is 192 Å². The van der Waals surface area contributed by atoms with E-state index < -0.39 is 0 Å². The van der Waals surface area contributed by atoms with E-state index in [1.807, 2.05) is 6.07 Å². The first-order valence-electron chi connectivity index (χ1n) is 10.7. The van der Waals surface area contributed by atoms with Crippen LogP contribution in [0.5, 0.6) is 0 Å². The zero-order valence-electron chi connectivity index (χ0n) is 18.4. The van der Waals surface area contributed by atoms with Gasteiger partial charge in [-0.25, -0.2) is 0 Å². The third-order valence-corrected chi connectivity index (χ3v) is 5.97. The molecule has 0 unspecified atom stereocenters. The Balaban J connectivity index is 1.76. The molecule has 1 aromatic carbocycles. The molecule has 0 bridgehead atoms. The van der Waals surface area contributed by atoms with Gasteiger partial charge in [-0.05, 0) is 42.7 Å². The molecule has 0 saturated heterocycles. The Morgan fingerprint density at radius 2 is 1.84 bits per heavy atom. The van der Waals surface area contributed by atoms with Crippen molar-refractivity contribution in [1.29, 1.82) is 0 Å². The monoisotopic (exact) mass is 456 g/mol. The van der Waals surface area contributed by atoms with Crippen LogP contribution in [0, 0.1) is 0 Å². The highest BCUT2D eigenvalue weighted by molar-refractivity contribution is 8.03. The molecule has 1 aromatic heterocycles. The summed E-state index contributed by atoms with van der Waals surface area (Å²) in [5.41, 5.74) is 1.65. The predicted molar refractivity (Wildman–Crippen MR) is 125 cm³/mol. The van der Waals surface area contributed by atoms with Crippen molar-refractivity contribution in [2.24, 2.45) is 0 Å². The lowest BCUT2D eigenvalue weighted by molar-refractivity contribution is -0.136. The number of ether oxygens (including phenoxy) is 1. The van der Waals surface area contributed by atoms with Crippen LogP contribution in [0.25, 0.3) is 5.57 Å². The molecule has 0 fully saturated rings. The van der Waals surface area contributed by atoms with Gasteiger partial charge in [-0.15, -0.1) is 11.8 Å². The van der Waals surface area contributed by atoms with Crippen LogP contribution >= 0.6 is 11.8 Å². The SMILES string of the molecule is CCCCOCCCN1C(=O)C(SCc2ccco2)=C(c2ccc(NC(C)=O)cc2)C1=O. The third-order valence-electron chi connectivity index (χ3n) is 4.87. The van der Waals surface area contributed by atoms with Gasteiger partial charge in [0, 0.05) is 32.4 Å². The molecule has 0 radical (unpaired) electrons. The van der Waals surface area contributed by atoms with E-state index in [1.54, 1.807) is 36.6 Å². The van der Waals surface area contributed by atoms with Crippen molar-refractivity contribution >= 4 is 40.7 Å². The molecule has 0 saturated carbocycles. The van der Waals surface area contributed by atoms with Gasteiger partial charge >= 0.3 is 0 Å². The summed E-state index contributed by atoms with van der Waals surface area (Å²) in [7, 11) is 0. The normalized spacial score (nSPS) is 13.9. The quantitative estimate of drug-likeness (QED) is 0.375. The summed E-state index contributed by atoms with van der Waals surface area (Å²) >= 11 is 1.30. The van der Waals surface area contributed by atoms with E-state index in [0.29, 0.717) is 53.7 Å². The molecular weight excluding hydrogens is 428 g/mol. The fourth-order valence-corrected chi connectivity index (χ4v) is 4.31. The summed E-state index contributed by atoms with van der Waals surface area (Å²) in [6, 6.07) is 10.6. The Kier molecular flexibility index (Phi) is 8.70. The lowest BCUT2D eigenvalue weighted by Crippen LogP contribution is -2.33. The minimum absolute atomic E-state index is 0.175. The number of unbranched alkanes of at least 4 members (excludes halogenated alkanes) is 1. The minimum atomic E-state index is -0.308. The van der Waals surface area contributed by atoms with Crippen LogP contribution in [0.4, 0.5) is 5.69 Å². The maximum Gasteiger partial charge on any atom is 0.267 e. The summed E-state index contributed by atoms with van der Waals surface area (Å²) in [6.45, 7) is 5.03. The fourth-order valence-electron chi connectivity index (χ4n) is 3.28. The summed E-state index contributed by atoms with van der Waals surface area (Å²) in [6.07, 6.45) is 4.23. The zero-order chi connectivity index (χ0) is 22.9. The summed E-state index contributed by atoms with van der Waals surface area (Å²) in [5.74, 6) is 0.402. The van der Waals surface area contributed by atoms with Crippen LogP contribution in [0.15, 0.2) is 52.0 Å². The van der Waals surface area contributed by atoms with Crippen molar-refractivity contribution in [2.45, 2.75) is 38.9 Å². The molecule has 0 spiro atoms. The maximum absolute atomic E-state index is 13.2. The van der Waals surface area contributed by atoms with Gasteiger partial charge < -0.3 is 14.5 Å². The van der Waals surface area contributed by atoms with Crippen molar-refractivity contribution in [1.82, 2.24) is 4.90 Å². The maximum atomic E-state index is 13.2. The standard InChI is InChI=1S/C24H28N2O5S/c1-3-4-13-30-14-6-12-26-23(28)21(18-8-10-19(11-9-18)25-17(2)27)22(24(26)29)32-16-20-7-5-15-31-20/h5,7-11,15H,3-4,6,12-14,16H2,1-2H3,(H,25,27). The van der Waals surface area contributed by atoms with Crippen molar-refractivity contribution in [2.75, 3.05) is 25.1 Å². The van der Waals surface area contributed by atoms with Gasteiger partial charge in [-0.2, -0.15) is 0 Å². The Morgan fingerprint density at radius 3 is 2.50 bits per heavy atom. The first-order chi connectivity index (χ1) is 15.5. The number of thioether (sulfide) groups is 1. The topological polar surface area (TPSA) is 88.8 Å². The van der Waals surface area contributed by atoms with E-state index in [2.05, 4.69) is 12.2 Å². The molecule has 3 rings (SSSR count). The van der Waals surface area contributed by atoms with E-state index in [4.69, 9.17) is 9.15 Å². The number of imide groups is 1. The molecule has 2 aromatic rings. The average Bonchev–Trinajstić information content (AvgIpc) is 3.36. The molecule has 1 aliphatic rings. The molecule has 7 nitrogen and oxygen atoms in total. The molecular formula is C24H28N2O5S. The number of amides is 3. The van der Waals surface area contributed by atoms with Gasteiger partial charge in [0.25, 0.3) is 11.8 Å². The van der Waals surface area contributed by atoms with E-state index in [0.717, 1.165) is 18.6 Å². The van der Waals surface area contributed by atoms with Crippen molar-refractivity contribution in [3.8, 4) is 0 Å². The first kappa shape index (κ1) is 23.8. The zero-order valence-corrected chi connectivity index (χ0v) is 19.2. The number of furan rings is 1. The highest BCUT2D eigenvalue weighted by Gasteiger charge is 2.38. The van der Waals surface area contributed by atoms with Crippen LogP contribution in [0.1, 0.15) is 44.4 Å². The Hall–Kier alpha value is -2.84. The second kappa shape index (κ2) is 11.7. The van der Waals surface area contributed by atoms with Gasteiger partial charge in [0.1, 0.15) is 5.76 Å². The number of nitrogens with zero attached hydrogens (tertiary/aromatic N) is 1. The first-order valence-corrected chi connectivity index (χ1v) is 11.7. The van der Waals surface area contributed by atoms with E-state index in [9.17, 15) is 14.4 Å². The van der Waals surface area contributed by atoms with Crippen molar-refractivity contribution in [3.05, 3.63) is 58.9 Å². The van der Waals surface area contributed by atoms with Gasteiger partial charge in [-0.3, -0.25) is 19.3 Å². The molecule has 32 heavy (non-hydrogen) atoms. The molecule has 0 atom stereocenters. The summed E-state index contributed by atoms with van der Waals surface area (Å²) < 4.78 is 10.9. The Morgan fingerprint density at radius 1 is 1.09 bits per heavy atom. The van der Waals surface area contributed by atoms with Crippen LogP contribution in [0.3, 0.4) is 0 Å². The van der Waals surface area contributed by atoms with E-state index >= 15 is 0 Å². The largest absolute Gasteiger partial charge is 0.468 e. The van der Waals surface area contributed by atoms with Crippen molar-refractivity contribution in [3.63, 3.8) is 0 Å². The predicted octanol–water partition coefficient (Wildman–Crippen LogP) is 4.46. The Bertz CT molecular complexity index is 967. The highest BCUT2D eigenvalue weighted by Crippen LogP contribution is 2.38. The highest BCUT2D eigenvalue weighted by atomic mass is 32.2. The smallest absolute Gasteiger partial charge is 0.267 e. The summed E-state index contributed by atoms with van der Waals surface area (Å²) in [4.78, 5) is 39.3. The van der Waals surface area contributed by atoms with Crippen LogP contribution in [0.2, 0.25) is 0 Å². The van der Waals surface area contributed by atoms with Gasteiger partial charge in [-0.1, -0.05) is 25.5 Å². The second-order valence-corrected chi connectivity index (χ2v) is 8.40. The summed E-state index contributed by atoms with van der Waals surface area (Å²) in [5, 5.41) is 2.71. The molecule has 170 valence electrons. The van der Waals surface area contributed by atoms with E-state index in [-0.39, 0.29) is 17.7 Å². The lowest BCUT2D eigenvalue weighted by atomic mass is 10.1. The lowest BCUT2D eigenvalue weighted by Gasteiger charge is -2.15. The van der Waals surface area contributed by atoms with Crippen LogP contribution in [-0.2, 0) is 24.9 Å². The molecule has 3 amide bonds. The number of nitrogens with one attached hydrogen (secondary N) is 1. The number of carbonyl (C=O) groups excluding carboxylic acids is 3. The number of hydrogen-bond acceptors (Lipinski definition) is 6. The molecule has 1 aliphatic heterocycles.